The molecule has 1 aliphatic carbocycles. The van der Waals surface area contributed by atoms with E-state index >= 15 is 0 Å². The molecule has 0 bridgehead atoms. The molecule has 2 rings (SSSR count). The Morgan fingerprint density at radius 3 is 2.89 bits per heavy atom. The van der Waals surface area contributed by atoms with Gasteiger partial charge in [-0.25, -0.2) is 9.78 Å². The SMILES string of the molecule is CCOC(=O)c1nc(C(=O)NCC2(C)CC2)cs1. The Balaban J connectivity index is 1.92. The second-order valence-electron chi connectivity index (χ2n) is 4.75. The van der Waals surface area contributed by atoms with Crippen LogP contribution in [0.5, 0.6) is 0 Å². The van der Waals surface area contributed by atoms with Crippen LogP contribution in [0.4, 0.5) is 0 Å². The van der Waals surface area contributed by atoms with Gasteiger partial charge in [0.1, 0.15) is 5.69 Å². The number of thiazole rings is 1. The Morgan fingerprint density at radius 2 is 2.28 bits per heavy atom. The van der Waals surface area contributed by atoms with Gasteiger partial charge in [0.25, 0.3) is 5.91 Å². The third kappa shape index (κ3) is 3.07. The highest BCUT2D eigenvalue weighted by atomic mass is 32.1. The highest BCUT2D eigenvalue weighted by molar-refractivity contribution is 7.11. The van der Waals surface area contributed by atoms with E-state index in [1.54, 1.807) is 12.3 Å². The summed E-state index contributed by atoms with van der Waals surface area (Å²) in [5.41, 5.74) is 0.544. The molecule has 6 heteroatoms. The van der Waals surface area contributed by atoms with Crippen LogP contribution in [0, 0.1) is 5.41 Å². The lowest BCUT2D eigenvalue weighted by Gasteiger charge is -2.08. The lowest BCUT2D eigenvalue weighted by atomic mass is 10.1. The monoisotopic (exact) mass is 268 g/mol. The number of amides is 1. The molecule has 0 unspecified atom stereocenters. The van der Waals surface area contributed by atoms with Gasteiger partial charge in [-0.3, -0.25) is 4.79 Å². The Morgan fingerprint density at radius 1 is 1.56 bits per heavy atom. The first-order valence-corrected chi connectivity index (χ1v) is 6.83. The van der Waals surface area contributed by atoms with Crippen molar-refractivity contribution in [2.45, 2.75) is 26.7 Å². The van der Waals surface area contributed by atoms with Gasteiger partial charge in [0.2, 0.25) is 5.01 Å². The highest BCUT2D eigenvalue weighted by Crippen LogP contribution is 2.44. The molecule has 5 nitrogen and oxygen atoms in total. The molecule has 1 fully saturated rings. The highest BCUT2D eigenvalue weighted by Gasteiger charge is 2.37. The first-order chi connectivity index (χ1) is 8.54. The van der Waals surface area contributed by atoms with E-state index in [9.17, 15) is 9.59 Å². The summed E-state index contributed by atoms with van der Waals surface area (Å²) in [6.45, 7) is 4.84. The second-order valence-corrected chi connectivity index (χ2v) is 5.61. The zero-order chi connectivity index (χ0) is 13.2. The van der Waals surface area contributed by atoms with E-state index in [0.717, 1.165) is 24.2 Å². The van der Waals surface area contributed by atoms with E-state index < -0.39 is 5.97 Å². The number of ether oxygens (including phenoxy) is 1. The predicted molar refractivity (Wildman–Crippen MR) is 67.7 cm³/mol. The van der Waals surface area contributed by atoms with E-state index in [1.165, 1.54) is 0 Å². The number of hydrogen-bond donors (Lipinski definition) is 1. The molecule has 1 saturated carbocycles. The second kappa shape index (κ2) is 5.06. The molecule has 0 saturated heterocycles. The topological polar surface area (TPSA) is 68.3 Å². The molecular weight excluding hydrogens is 252 g/mol. The maximum atomic E-state index is 11.8. The smallest absolute Gasteiger partial charge is 0.367 e. The van der Waals surface area contributed by atoms with Crippen LogP contribution < -0.4 is 5.32 Å². The Kier molecular flexibility index (Phi) is 3.65. The minimum absolute atomic E-state index is 0.222. The van der Waals surface area contributed by atoms with Crippen molar-refractivity contribution in [3.05, 3.63) is 16.1 Å². The molecule has 0 radical (unpaired) electrons. The van der Waals surface area contributed by atoms with Gasteiger partial charge in [-0.05, 0) is 25.2 Å². The average Bonchev–Trinajstić information content (AvgIpc) is 2.90. The van der Waals surface area contributed by atoms with Gasteiger partial charge in [0.05, 0.1) is 6.61 Å². The van der Waals surface area contributed by atoms with Gasteiger partial charge < -0.3 is 10.1 Å². The number of hydrogen-bond acceptors (Lipinski definition) is 5. The molecule has 1 heterocycles. The van der Waals surface area contributed by atoms with Gasteiger partial charge in [0.15, 0.2) is 0 Å². The van der Waals surface area contributed by atoms with Crippen molar-refractivity contribution < 1.29 is 14.3 Å². The third-order valence-electron chi connectivity index (χ3n) is 2.97. The summed E-state index contributed by atoms with van der Waals surface area (Å²) >= 11 is 1.13. The first kappa shape index (κ1) is 13.0. The Bertz CT molecular complexity index is 466. The van der Waals surface area contributed by atoms with Gasteiger partial charge in [-0.2, -0.15) is 0 Å². The molecule has 98 valence electrons. The van der Waals surface area contributed by atoms with E-state index in [-0.39, 0.29) is 22.0 Å². The summed E-state index contributed by atoms with van der Waals surface area (Å²) in [4.78, 5) is 27.2. The van der Waals surface area contributed by atoms with Crippen LogP contribution in [0.25, 0.3) is 0 Å². The number of nitrogens with one attached hydrogen (secondary N) is 1. The molecule has 1 aromatic heterocycles. The summed E-state index contributed by atoms with van der Waals surface area (Å²) in [5, 5.41) is 4.64. The van der Waals surface area contributed by atoms with Crippen molar-refractivity contribution in [3.63, 3.8) is 0 Å². The van der Waals surface area contributed by atoms with Gasteiger partial charge >= 0.3 is 5.97 Å². The lowest BCUT2D eigenvalue weighted by Crippen LogP contribution is -2.29. The number of carbonyl (C=O) groups is 2. The summed E-state index contributed by atoms with van der Waals surface area (Å²) in [6.07, 6.45) is 2.30. The van der Waals surface area contributed by atoms with E-state index in [2.05, 4.69) is 17.2 Å². The van der Waals surface area contributed by atoms with Crippen molar-refractivity contribution in [2.75, 3.05) is 13.2 Å². The molecule has 0 aromatic carbocycles. The van der Waals surface area contributed by atoms with Crippen molar-refractivity contribution in [1.29, 1.82) is 0 Å². The Labute approximate surface area is 110 Å². The van der Waals surface area contributed by atoms with Crippen LogP contribution >= 0.6 is 11.3 Å². The quantitative estimate of drug-likeness (QED) is 0.827. The Hall–Kier alpha value is -1.43. The number of rotatable bonds is 5. The van der Waals surface area contributed by atoms with E-state index in [4.69, 9.17) is 4.74 Å². The van der Waals surface area contributed by atoms with Gasteiger partial charge in [0, 0.05) is 11.9 Å². The van der Waals surface area contributed by atoms with Crippen molar-refractivity contribution in [3.8, 4) is 0 Å². The zero-order valence-electron chi connectivity index (χ0n) is 10.5. The summed E-state index contributed by atoms with van der Waals surface area (Å²) in [5.74, 6) is -0.703. The minimum atomic E-state index is -0.476. The van der Waals surface area contributed by atoms with Crippen LogP contribution in [0.15, 0.2) is 5.38 Å². The van der Waals surface area contributed by atoms with Crippen molar-refractivity contribution in [1.82, 2.24) is 10.3 Å². The van der Waals surface area contributed by atoms with E-state index in [1.807, 2.05) is 0 Å². The predicted octanol–water partition coefficient (Wildman–Crippen LogP) is 1.85. The molecule has 1 aromatic rings. The lowest BCUT2D eigenvalue weighted by molar-refractivity contribution is 0.0526. The molecule has 1 aliphatic rings. The van der Waals surface area contributed by atoms with Gasteiger partial charge in [-0.15, -0.1) is 11.3 Å². The average molecular weight is 268 g/mol. The first-order valence-electron chi connectivity index (χ1n) is 5.95. The fourth-order valence-electron chi connectivity index (χ4n) is 1.44. The number of aromatic nitrogens is 1. The molecule has 0 atom stereocenters. The van der Waals surface area contributed by atoms with Crippen LogP contribution in [0.2, 0.25) is 0 Å². The molecule has 1 amide bonds. The largest absolute Gasteiger partial charge is 0.461 e. The molecular formula is C12H16N2O3S. The third-order valence-corrected chi connectivity index (χ3v) is 3.79. The fourth-order valence-corrected chi connectivity index (χ4v) is 2.13. The summed E-state index contributed by atoms with van der Waals surface area (Å²) in [6, 6.07) is 0. The maximum Gasteiger partial charge on any atom is 0.367 e. The minimum Gasteiger partial charge on any atom is -0.461 e. The molecule has 0 spiro atoms. The standard InChI is InChI=1S/C12H16N2O3S/c1-3-17-11(16)10-14-8(6-18-10)9(15)13-7-12(2)4-5-12/h6H,3-5,7H2,1-2H3,(H,13,15). The van der Waals surface area contributed by atoms with Crippen LogP contribution in [0.3, 0.4) is 0 Å². The summed E-state index contributed by atoms with van der Waals surface area (Å²) < 4.78 is 4.82. The zero-order valence-corrected chi connectivity index (χ0v) is 11.3. The number of nitrogens with zero attached hydrogens (tertiary/aromatic N) is 1. The molecule has 0 aliphatic heterocycles. The van der Waals surface area contributed by atoms with Gasteiger partial charge in [-0.1, -0.05) is 6.92 Å². The molecule has 18 heavy (non-hydrogen) atoms. The van der Waals surface area contributed by atoms with E-state index in [0.29, 0.717) is 13.2 Å². The number of carbonyl (C=O) groups excluding carboxylic acids is 2. The van der Waals surface area contributed by atoms with Crippen LogP contribution in [-0.4, -0.2) is 30.0 Å². The van der Waals surface area contributed by atoms with Crippen molar-refractivity contribution in [2.24, 2.45) is 5.41 Å². The summed E-state index contributed by atoms with van der Waals surface area (Å²) in [7, 11) is 0. The normalized spacial score (nSPS) is 16.1. The number of esters is 1. The molecule has 1 N–H and O–H groups in total. The maximum absolute atomic E-state index is 11.8. The van der Waals surface area contributed by atoms with Crippen LogP contribution in [0.1, 0.15) is 47.0 Å². The van der Waals surface area contributed by atoms with Crippen LogP contribution in [-0.2, 0) is 4.74 Å². The fraction of sp³-hybridized carbons (Fsp3) is 0.583. The van der Waals surface area contributed by atoms with Crippen molar-refractivity contribution >= 4 is 23.2 Å².